The van der Waals surface area contributed by atoms with Gasteiger partial charge in [0.15, 0.2) is 0 Å². The third kappa shape index (κ3) is 3.83. The average Bonchev–Trinajstić information content (AvgIpc) is 2.74. The number of hydrogen-bond acceptors (Lipinski definition) is 3. The lowest BCUT2D eigenvalue weighted by Gasteiger charge is -2.09. The Morgan fingerprint density at radius 2 is 1.88 bits per heavy atom. The summed E-state index contributed by atoms with van der Waals surface area (Å²) < 4.78 is 2.06. The molecule has 1 aromatic carbocycles. The van der Waals surface area contributed by atoms with Crippen molar-refractivity contribution in [3.05, 3.63) is 49.5 Å². The van der Waals surface area contributed by atoms with Gasteiger partial charge in [0.1, 0.15) is 0 Å². The van der Waals surface area contributed by atoms with Crippen LogP contribution in [0.25, 0.3) is 0 Å². The SMILES string of the molecule is OC(CSc1ccc(Br)cc1)c1cscc1Br. The molecule has 1 heterocycles. The standard InChI is InChI=1S/C12H10Br2OS2/c13-8-1-3-9(4-2-8)17-7-12(15)10-5-16-6-11(10)14/h1-6,12,15H,7H2. The lowest BCUT2D eigenvalue weighted by atomic mass is 10.2. The summed E-state index contributed by atoms with van der Waals surface area (Å²) in [5, 5.41) is 14.0. The van der Waals surface area contributed by atoms with Gasteiger partial charge in [-0.3, -0.25) is 0 Å². The largest absolute Gasteiger partial charge is 0.387 e. The van der Waals surface area contributed by atoms with Gasteiger partial charge in [-0.2, -0.15) is 11.3 Å². The Kier molecular flexibility index (Phi) is 5.11. The Hall–Kier alpha value is 0.190. The highest BCUT2D eigenvalue weighted by Gasteiger charge is 2.12. The molecule has 0 spiro atoms. The number of rotatable bonds is 4. The molecular weight excluding hydrogens is 384 g/mol. The van der Waals surface area contributed by atoms with Crippen LogP contribution in [0.2, 0.25) is 0 Å². The maximum Gasteiger partial charge on any atom is 0.0902 e. The van der Waals surface area contributed by atoms with E-state index < -0.39 is 6.10 Å². The zero-order valence-corrected chi connectivity index (χ0v) is 13.6. The molecular formula is C12H10Br2OS2. The number of benzene rings is 1. The minimum atomic E-state index is -0.427. The molecule has 2 aromatic rings. The molecule has 1 unspecified atom stereocenters. The van der Waals surface area contributed by atoms with Gasteiger partial charge in [0.25, 0.3) is 0 Å². The number of halogens is 2. The van der Waals surface area contributed by atoms with E-state index in [1.54, 1.807) is 23.1 Å². The molecule has 2 rings (SSSR count). The zero-order chi connectivity index (χ0) is 12.3. The van der Waals surface area contributed by atoms with Crippen LogP contribution in [-0.2, 0) is 0 Å². The molecule has 90 valence electrons. The topological polar surface area (TPSA) is 20.2 Å². The normalized spacial score (nSPS) is 12.6. The molecule has 17 heavy (non-hydrogen) atoms. The lowest BCUT2D eigenvalue weighted by Crippen LogP contribution is -1.99. The molecule has 1 aromatic heterocycles. The third-order valence-corrected chi connectivity index (χ3v) is 5.59. The van der Waals surface area contributed by atoms with Crippen LogP contribution >= 0.6 is 55.0 Å². The molecule has 0 saturated heterocycles. The molecule has 0 aliphatic carbocycles. The summed E-state index contributed by atoms with van der Waals surface area (Å²) in [4.78, 5) is 1.17. The van der Waals surface area contributed by atoms with Gasteiger partial charge in [-0.1, -0.05) is 15.9 Å². The highest BCUT2D eigenvalue weighted by atomic mass is 79.9. The van der Waals surface area contributed by atoms with Gasteiger partial charge in [0.05, 0.1) is 6.10 Å². The van der Waals surface area contributed by atoms with E-state index in [2.05, 4.69) is 31.9 Å². The minimum Gasteiger partial charge on any atom is -0.387 e. The fraction of sp³-hybridized carbons (Fsp3) is 0.167. The van der Waals surface area contributed by atoms with E-state index in [1.165, 1.54) is 4.90 Å². The molecule has 0 bridgehead atoms. The van der Waals surface area contributed by atoms with Crippen LogP contribution in [0.1, 0.15) is 11.7 Å². The zero-order valence-electron chi connectivity index (χ0n) is 8.77. The lowest BCUT2D eigenvalue weighted by molar-refractivity contribution is 0.204. The fourth-order valence-electron chi connectivity index (χ4n) is 1.32. The molecule has 0 aliphatic rings. The summed E-state index contributed by atoms with van der Waals surface area (Å²) in [6.45, 7) is 0. The van der Waals surface area contributed by atoms with E-state index in [4.69, 9.17) is 0 Å². The van der Waals surface area contributed by atoms with Crippen molar-refractivity contribution in [2.24, 2.45) is 0 Å². The number of thioether (sulfide) groups is 1. The van der Waals surface area contributed by atoms with Crippen LogP contribution in [0.5, 0.6) is 0 Å². The molecule has 0 amide bonds. The third-order valence-electron chi connectivity index (χ3n) is 2.22. The van der Waals surface area contributed by atoms with Crippen molar-refractivity contribution in [2.45, 2.75) is 11.0 Å². The Balaban J connectivity index is 1.94. The summed E-state index contributed by atoms with van der Waals surface area (Å²) in [6.07, 6.45) is -0.427. The highest BCUT2D eigenvalue weighted by Crippen LogP contribution is 2.31. The predicted molar refractivity (Wildman–Crippen MR) is 81.8 cm³/mol. The number of aliphatic hydroxyl groups is 1. The molecule has 1 N–H and O–H groups in total. The first kappa shape index (κ1) is 13.6. The monoisotopic (exact) mass is 392 g/mol. The molecule has 5 heteroatoms. The second-order valence-electron chi connectivity index (χ2n) is 3.46. The molecule has 1 atom stereocenters. The second kappa shape index (κ2) is 6.38. The first-order valence-corrected chi connectivity index (χ1v) is 8.46. The van der Waals surface area contributed by atoms with Crippen LogP contribution in [0, 0.1) is 0 Å². The Morgan fingerprint density at radius 1 is 1.18 bits per heavy atom. The molecule has 0 saturated carbocycles. The fourth-order valence-corrected chi connectivity index (χ4v) is 4.06. The van der Waals surface area contributed by atoms with Crippen molar-refractivity contribution in [3.8, 4) is 0 Å². The number of aliphatic hydroxyl groups excluding tert-OH is 1. The summed E-state index contributed by atoms with van der Waals surface area (Å²) in [6, 6.07) is 8.11. The molecule has 0 aliphatic heterocycles. The van der Waals surface area contributed by atoms with Gasteiger partial charge in [-0.25, -0.2) is 0 Å². The summed E-state index contributed by atoms with van der Waals surface area (Å²) in [5.41, 5.74) is 0.972. The maximum absolute atomic E-state index is 10.1. The van der Waals surface area contributed by atoms with Crippen molar-refractivity contribution in [3.63, 3.8) is 0 Å². The van der Waals surface area contributed by atoms with E-state index in [0.717, 1.165) is 14.5 Å². The van der Waals surface area contributed by atoms with Crippen molar-refractivity contribution >= 4 is 55.0 Å². The van der Waals surface area contributed by atoms with Crippen LogP contribution in [0.3, 0.4) is 0 Å². The smallest absolute Gasteiger partial charge is 0.0902 e. The second-order valence-corrected chi connectivity index (χ2v) is 7.06. The van der Waals surface area contributed by atoms with Crippen LogP contribution in [0.15, 0.2) is 48.9 Å². The number of thiophene rings is 1. The van der Waals surface area contributed by atoms with Crippen molar-refractivity contribution in [1.82, 2.24) is 0 Å². The van der Waals surface area contributed by atoms with Crippen LogP contribution < -0.4 is 0 Å². The highest BCUT2D eigenvalue weighted by molar-refractivity contribution is 9.10. The van der Waals surface area contributed by atoms with Crippen LogP contribution in [-0.4, -0.2) is 10.9 Å². The average molecular weight is 394 g/mol. The minimum absolute atomic E-state index is 0.427. The van der Waals surface area contributed by atoms with Crippen molar-refractivity contribution in [1.29, 1.82) is 0 Å². The molecule has 0 fully saturated rings. The molecule has 1 nitrogen and oxygen atoms in total. The van der Waals surface area contributed by atoms with E-state index in [-0.39, 0.29) is 0 Å². The summed E-state index contributed by atoms with van der Waals surface area (Å²) >= 11 is 10.1. The predicted octanol–water partition coefficient (Wildman–Crippen LogP) is 5.10. The Morgan fingerprint density at radius 3 is 2.47 bits per heavy atom. The summed E-state index contributed by atoms with van der Waals surface area (Å²) in [5.74, 6) is 0.664. The van der Waals surface area contributed by atoms with Gasteiger partial charge in [-0.15, -0.1) is 11.8 Å². The van der Waals surface area contributed by atoms with Gasteiger partial charge in [-0.05, 0) is 45.6 Å². The molecule has 0 radical (unpaired) electrons. The van der Waals surface area contributed by atoms with Crippen molar-refractivity contribution in [2.75, 3.05) is 5.75 Å². The Labute approximate surface area is 126 Å². The van der Waals surface area contributed by atoms with E-state index >= 15 is 0 Å². The maximum atomic E-state index is 10.1. The van der Waals surface area contributed by atoms with E-state index in [9.17, 15) is 5.11 Å². The first-order valence-electron chi connectivity index (χ1n) is 4.95. The van der Waals surface area contributed by atoms with Crippen molar-refractivity contribution < 1.29 is 5.11 Å². The number of hydrogen-bond donors (Lipinski definition) is 1. The summed E-state index contributed by atoms with van der Waals surface area (Å²) in [7, 11) is 0. The van der Waals surface area contributed by atoms with Gasteiger partial charge >= 0.3 is 0 Å². The van der Waals surface area contributed by atoms with Gasteiger partial charge in [0, 0.05) is 30.5 Å². The van der Waals surface area contributed by atoms with Crippen LogP contribution in [0.4, 0.5) is 0 Å². The first-order chi connectivity index (χ1) is 8.16. The van der Waals surface area contributed by atoms with E-state index in [0.29, 0.717) is 5.75 Å². The Bertz CT molecular complexity index is 482. The van der Waals surface area contributed by atoms with Gasteiger partial charge < -0.3 is 5.11 Å². The van der Waals surface area contributed by atoms with E-state index in [1.807, 2.05) is 35.0 Å². The van der Waals surface area contributed by atoms with Gasteiger partial charge in [0.2, 0.25) is 0 Å². The quantitative estimate of drug-likeness (QED) is 0.729.